The van der Waals surface area contributed by atoms with Crippen LogP contribution in [0.4, 0.5) is 0 Å². The van der Waals surface area contributed by atoms with E-state index in [-0.39, 0.29) is 24.0 Å². The molecule has 0 aliphatic rings. The van der Waals surface area contributed by atoms with Gasteiger partial charge in [0.15, 0.2) is 11.7 Å². The van der Waals surface area contributed by atoms with Crippen molar-refractivity contribution >= 4 is 29.9 Å². The van der Waals surface area contributed by atoms with Gasteiger partial charge in [0.1, 0.15) is 0 Å². The molecule has 2 aromatic heterocycles. The van der Waals surface area contributed by atoms with Crippen LogP contribution in [-0.4, -0.2) is 29.8 Å². The van der Waals surface area contributed by atoms with Gasteiger partial charge < -0.3 is 19.9 Å². The number of ether oxygens (including phenoxy) is 1. The van der Waals surface area contributed by atoms with Crippen molar-refractivity contribution in [3.8, 4) is 5.88 Å². The summed E-state index contributed by atoms with van der Waals surface area (Å²) in [5.41, 5.74) is 2.00. The third-order valence-corrected chi connectivity index (χ3v) is 4.21. The molecule has 0 atom stereocenters. The Hall–Kier alpha value is -1.84. The number of nitrogens with one attached hydrogen (secondary N) is 2. The molecule has 0 fully saturated rings. The van der Waals surface area contributed by atoms with Crippen molar-refractivity contribution in [2.75, 3.05) is 13.7 Å². The lowest BCUT2D eigenvalue weighted by molar-refractivity contribution is 0.322. The lowest BCUT2D eigenvalue weighted by Gasteiger charge is -2.13. The lowest BCUT2D eigenvalue weighted by atomic mass is 9.99. The van der Waals surface area contributed by atoms with E-state index in [1.54, 1.807) is 13.2 Å². The van der Waals surface area contributed by atoms with Crippen molar-refractivity contribution in [3.63, 3.8) is 0 Å². The van der Waals surface area contributed by atoms with Crippen molar-refractivity contribution in [3.05, 3.63) is 41.4 Å². The summed E-state index contributed by atoms with van der Waals surface area (Å²) in [6, 6.07) is 5.90. The monoisotopic (exact) mass is 487 g/mol. The summed E-state index contributed by atoms with van der Waals surface area (Å²) in [4.78, 5) is 8.49. The molecule has 2 aromatic rings. The number of hydrogen-bond donors (Lipinski definition) is 2. The van der Waals surface area contributed by atoms with E-state index in [2.05, 4.69) is 39.6 Å². The Balaban J connectivity index is 0.00000364. The summed E-state index contributed by atoms with van der Waals surface area (Å²) in [5.74, 6) is 2.57. The predicted molar refractivity (Wildman–Crippen MR) is 118 cm³/mol. The predicted octanol–water partition coefficient (Wildman–Crippen LogP) is 3.86. The Morgan fingerprint density at radius 3 is 2.63 bits per heavy atom. The van der Waals surface area contributed by atoms with Crippen LogP contribution >= 0.6 is 24.0 Å². The van der Waals surface area contributed by atoms with Crippen molar-refractivity contribution in [1.82, 2.24) is 20.8 Å². The first kappa shape index (κ1) is 23.2. The van der Waals surface area contributed by atoms with Crippen LogP contribution in [0.5, 0.6) is 5.88 Å². The van der Waals surface area contributed by atoms with E-state index in [0.29, 0.717) is 37.5 Å². The molecule has 0 spiro atoms. The molecular weight excluding hydrogens is 457 g/mol. The molecule has 2 rings (SSSR count). The van der Waals surface area contributed by atoms with Crippen LogP contribution in [0.25, 0.3) is 0 Å². The Morgan fingerprint density at radius 2 is 1.96 bits per heavy atom. The molecule has 0 saturated carbocycles. The molecule has 0 saturated heterocycles. The fourth-order valence-electron chi connectivity index (χ4n) is 2.71. The molecule has 8 heteroatoms. The molecular formula is C19H30IN5O2. The second-order valence-corrected chi connectivity index (χ2v) is 5.91. The van der Waals surface area contributed by atoms with Crippen LogP contribution in [0.2, 0.25) is 0 Å². The van der Waals surface area contributed by atoms with Gasteiger partial charge in [0.05, 0.1) is 18.8 Å². The molecule has 0 aromatic carbocycles. The highest BCUT2D eigenvalue weighted by Gasteiger charge is 2.13. The Kier molecular flexibility index (Phi) is 10.8. The maximum Gasteiger partial charge on any atom is 0.218 e. The zero-order valence-corrected chi connectivity index (χ0v) is 18.8. The smallest absolute Gasteiger partial charge is 0.218 e. The Morgan fingerprint density at radius 1 is 1.22 bits per heavy atom. The molecule has 0 amide bonds. The minimum atomic E-state index is 0. The third kappa shape index (κ3) is 7.00. The molecule has 0 aliphatic heterocycles. The minimum Gasteiger partial charge on any atom is -0.478 e. The maximum atomic E-state index is 5.54. The third-order valence-electron chi connectivity index (χ3n) is 4.21. The molecule has 7 nitrogen and oxygen atoms in total. The Labute approximate surface area is 178 Å². The molecule has 2 heterocycles. The first-order chi connectivity index (χ1) is 12.7. The molecule has 27 heavy (non-hydrogen) atoms. The van der Waals surface area contributed by atoms with Gasteiger partial charge >= 0.3 is 0 Å². The molecule has 150 valence electrons. The normalized spacial score (nSPS) is 11.2. The Bertz CT molecular complexity index is 701. The first-order valence-electron chi connectivity index (χ1n) is 9.18. The highest BCUT2D eigenvalue weighted by molar-refractivity contribution is 14.0. The fraction of sp³-hybridized carbons (Fsp3) is 0.526. The van der Waals surface area contributed by atoms with Crippen molar-refractivity contribution in [2.24, 2.45) is 4.99 Å². The highest BCUT2D eigenvalue weighted by atomic mass is 127. The molecule has 0 radical (unpaired) electrons. The largest absolute Gasteiger partial charge is 0.478 e. The average molecular weight is 487 g/mol. The zero-order chi connectivity index (χ0) is 18.8. The summed E-state index contributed by atoms with van der Waals surface area (Å²) < 4.78 is 11.0. The second-order valence-electron chi connectivity index (χ2n) is 5.91. The molecule has 0 aliphatic carbocycles. The fourth-order valence-corrected chi connectivity index (χ4v) is 2.71. The quantitative estimate of drug-likeness (QED) is 0.318. The van der Waals surface area contributed by atoms with Crippen LogP contribution in [0.15, 0.2) is 33.9 Å². The molecule has 2 N–H and O–H groups in total. The van der Waals surface area contributed by atoms with E-state index >= 15 is 0 Å². The van der Waals surface area contributed by atoms with Crippen LogP contribution < -0.4 is 15.4 Å². The van der Waals surface area contributed by atoms with E-state index in [9.17, 15) is 0 Å². The number of aliphatic imine (C=N–C) groups is 1. The van der Waals surface area contributed by atoms with Gasteiger partial charge in [-0.05, 0) is 25.8 Å². The van der Waals surface area contributed by atoms with Gasteiger partial charge in [0.25, 0.3) is 0 Å². The van der Waals surface area contributed by atoms with Gasteiger partial charge in [-0.2, -0.15) is 0 Å². The minimum absolute atomic E-state index is 0. The van der Waals surface area contributed by atoms with Crippen LogP contribution in [0.3, 0.4) is 0 Å². The van der Waals surface area contributed by atoms with Crippen LogP contribution in [0, 0.1) is 0 Å². The van der Waals surface area contributed by atoms with Gasteiger partial charge in [0.2, 0.25) is 5.88 Å². The van der Waals surface area contributed by atoms with E-state index < -0.39 is 0 Å². The van der Waals surface area contributed by atoms with Gasteiger partial charge in [-0.1, -0.05) is 25.1 Å². The zero-order valence-electron chi connectivity index (χ0n) is 16.5. The number of nitrogens with zero attached hydrogens (tertiary/aromatic N) is 3. The van der Waals surface area contributed by atoms with E-state index in [1.807, 2.05) is 25.1 Å². The van der Waals surface area contributed by atoms with Gasteiger partial charge in [-0.3, -0.25) is 4.99 Å². The first-order valence-corrected chi connectivity index (χ1v) is 9.18. The standard InChI is InChI=1S/C19H29N5O2.HI/c1-5-14(6-2)17-11-16(26-24-17)13-23-19(20-4)22-12-15-9-8-10-21-18(15)25-7-3;/h8-11,14H,5-7,12-13H2,1-4H3,(H2,20,22,23);1H. The van der Waals surface area contributed by atoms with E-state index in [1.165, 1.54) is 0 Å². The topological polar surface area (TPSA) is 84.6 Å². The van der Waals surface area contributed by atoms with Gasteiger partial charge in [-0.25, -0.2) is 4.98 Å². The van der Waals surface area contributed by atoms with E-state index in [0.717, 1.165) is 29.9 Å². The number of hydrogen-bond acceptors (Lipinski definition) is 5. The number of aromatic nitrogens is 2. The second kappa shape index (κ2) is 12.5. The number of halogens is 1. The molecule has 0 bridgehead atoms. The number of pyridine rings is 1. The lowest BCUT2D eigenvalue weighted by Crippen LogP contribution is -2.36. The summed E-state index contributed by atoms with van der Waals surface area (Å²) in [6.07, 6.45) is 3.85. The summed E-state index contributed by atoms with van der Waals surface area (Å²) in [6.45, 7) is 7.96. The van der Waals surface area contributed by atoms with Crippen molar-refractivity contribution in [2.45, 2.75) is 52.6 Å². The summed E-state index contributed by atoms with van der Waals surface area (Å²) in [5, 5.41) is 10.7. The van der Waals surface area contributed by atoms with Crippen LogP contribution in [0.1, 0.15) is 56.5 Å². The average Bonchev–Trinajstić information content (AvgIpc) is 3.13. The maximum absolute atomic E-state index is 5.54. The van der Waals surface area contributed by atoms with Crippen molar-refractivity contribution in [1.29, 1.82) is 0 Å². The highest BCUT2D eigenvalue weighted by Crippen LogP contribution is 2.22. The summed E-state index contributed by atoms with van der Waals surface area (Å²) in [7, 11) is 1.73. The van der Waals surface area contributed by atoms with Crippen molar-refractivity contribution < 1.29 is 9.26 Å². The van der Waals surface area contributed by atoms with Gasteiger partial charge in [0, 0.05) is 37.3 Å². The van der Waals surface area contributed by atoms with Crippen LogP contribution in [-0.2, 0) is 13.1 Å². The SMILES string of the molecule is CCOc1ncccc1CNC(=NC)NCc1cc(C(CC)CC)no1.I. The summed E-state index contributed by atoms with van der Waals surface area (Å²) >= 11 is 0. The number of rotatable bonds is 9. The van der Waals surface area contributed by atoms with E-state index in [4.69, 9.17) is 9.26 Å². The number of guanidine groups is 1. The van der Waals surface area contributed by atoms with Gasteiger partial charge in [-0.15, -0.1) is 24.0 Å². The molecule has 0 unspecified atom stereocenters.